The van der Waals surface area contributed by atoms with E-state index in [0.29, 0.717) is 5.96 Å². The zero-order valence-electron chi connectivity index (χ0n) is 12.3. The number of aliphatic imine (C=N–C) groups is 1. The van der Waals surface area contributed by atoms with E-state index in [1.54, 1.807) is 0 Å². The summed E-state index contributed by atoms with van der Waals surface area (Å²) in [5.74, 6) is 1.57. The molecule has 1 unspecified atom stereocenters. The molecule has 0 aromatic heterocycles. The number of rotatable bonds is 3. The summed E-state index contributed by atoms with van der Waals surface area (Å²) in [6.07, 6.45) is 2.89. The third-order valence-electron chi connectivity index (χ3n) is 4.13. The first-order chi connectivity index (χ1) is 9.15. The van der Waals surface area contributed by atoms with Crippen molar-refractivity contribution in [2.24, 2.45) is 16.6 Å². The minimum Gasteiger partial charge on any atom is -0.375 e. The van der Waals surface area contributed by atoms with E-state index in [9.17, 15) is 0 Å². The maximum absolute atomic E-state index is 6.05. The smallest absolute Gasteiger partial charge is 0.191 e. The highest BCUT2D eigenvalue weighted by atomic mass is 16.5. The van der Waals surface area contributed by atoms with Crippen LogP contribution < -0.4 is 5.73 Å². The summed E-state index contributed by atoms with van der Waals surface area (Å²) in [6, 6.07) is 0. The van der Waals surface area contributed by atoms with Crippen LogP contribution in [0.15, 0.2) is 4.99 Å². The molecule has 0 amide bonds. The molecule has 19 heavy (non-hydrogen) atoms. The normalized spacial score (nSPS) is 27.8. The summed E-state index contributed by atoms with van der Waals surface area (Å²) in [5, 5.41) is 0. The molecule has 2 fully saturated rings. The first-order valence-electron chi connectivity index (χ1n) is 7.54. The second kappa shape index (κ2) is 7.10. The molecule has 2 aliphatic heterocycles. The van der Waals surface area contributed by atoms with Gasteiger partial charge in [0.2, 0.25) is 0 Å². The van der Waals surface area contributed by atoms with Crippen molar-refractivity contribution < 1.29 is 4.74 Å². The van der Waals surface area contributed by atoms with Crippen molar-refractivity contribution in [2.75, 3.05) is 45.9 Å². The van der Waals surface area contributed by atoms with Gasteiger partial charge in [0, 0.05) is 19.6 Å². The molecule has 0 saturated carbocycles. The quantitative estimate of drug-likeness (QED) is 0.606. The van der Waals surface area contributed by atoms with Gasteiger partial charge in [0.05, 0.1) is 19.3 Å². The molecule has 0 bridgehead atoms. The maximum Gasteiger partial charge on any atom is 0.191 e. The van der Waals surface area contributed by atoms with Crippen molar-refractivity contribution in [1.82, 2.24) is 9.80 Å². The van der Waals surface area contributed by atoms with Crippen LogP contribution in [0.2, 0.25) is 0 Å². The van der Waals surface area contributed by atoms with Gasteiger partial charge in [-0.3, -0.25) is 4.99 Å². The molecule has 110 valence electrons. The Balaban J connectivity index is 1.69. The molecule has 0 aliphatic carbocycles. The van der Waals surface area contributed by atoms with Crippen molar-refractivity contribution >= 4 is 5.96 Å². The number of hydrogen-bond acceptors (Lipinski definition) is 3. The van der Waals surface area contributed by atoms with E-state index in [2.05, 4.69) is 28.6 Å². The fourth-order valence-electron chi connectivity index (χ4n) is 2.72. The van der Waals surface area contributed by atoms with Crippen LogP contribution in [0.4, 0.5) is 0 Å². The molecule has 0 aromatic rings. The Labute approximate surface area is 116 Å². The SMILES string of the molecule is CC1CCN(CCN=C(N)N2CCOC(C)C2)CC1. The molecule has 2 N–H and O–H groups in total. The van der Waals surface area contributed by atoms with Gasteiger partial charge in [0.1, 0.15) is 0 Å². The number of ether oxygens (including phenoxy) is 1. The van der Waals surface area contributed by atoms with E-state index in [1.807, 2.05) is 0 Å². The topological polar surface area (TPSA) is 54.1 Å². The standard InChI is InChI=1S/C14H28N4O/c1-12-3-6-17(7-4-12)8-5-16-14(15)18-9-10-19-13(2)11-18/h12-13H,3-11H2,1-2H3,(H2,15,16). The molecular formula is C14H28N4O. The Kier molecular flexibility index (Phi) is 5.45. The molecule has 5 heteroatoms. The summed E-state index contributed by atoms with van der Waals surface area (Å²) in [7, 11) is 0. The average molecular weight is 268 g/mol. The van der Waals surface area contributed by atoms with Gasteiger partial charge in [0.15, 0.2) is 5.96 Å². The van der Waals surface area contributed by atoms with Gasteiger partial charge in [0.25, 0.3) is 0 Å². The molecule has 2 heterocycles. The van der Waals surface area contributed by atoms with E-state index < -0.39 is 0 Å². The third-order valence-corrected chi connectivity index (χ3v) is 4.13. The maximum atomic E-state index is 6.05. The number of morpholine rings is 1. The van der Waals surface area contributed by atoms with Gasteiger partial charge < -0.3 is 20.3 Å². The summed E-state index contributed by atoms with van der Waals surface area (Å²) in [4.78, 5) is 9.15. The molecule has 0 spiro atoms. The Morgan fingerprint density at radius 3 is 2.68 bits per heavy atom. The van der Waals surface area contributed by atoms with Crippen LogP contribution in [-0.2, 0) is 4.74 Å². The van der Waals surface area contributed by atoms with Crippen LogP contribution in [0.25, 0.3) is 0 Å². The Morgan fingerprint density at radius 2 is 2.00 bits per heavy atom. The second-order valence-corrected chi connectivity index (χ2v) is 5.89. The van der Waals surface area contributed by atoms with Gasteiger partial charge in [-0.2, -0.15) is 0 Å². The molecule has 0 aromatic carbocycles. The Morgan fingerprint density at radius 1 is 1.26 bits per heavy atom. The highest BCUT2D eigenvalue weighted by Crippen LogP contribution is 2.15. The number of nitrogens with two attached hydrogens (primary N) is 1. The average Bonchev–Trinajstić information content (AvgIpc) is 2.41. The first kappa shape index (κ1) is 14.6. The fourth-order valence-corrected chi connectivity index (χ4v) is 2.72. The zero-order valence-corrected chi connectivity index (χ0v) is 12.3. The molecule has 2 rings (SSSR count). The van der Waals surface area contributed by atoms with E-state index >= 15 is 0 Å². The van der Waals surface area contributed by atoms with Gasteiger partial charge in [-0.25, -0.2) is 0 Å². The number of likely N-dealkylation sites (tertiary alicyclic amines) is 1. The summed E-state index contributed by atoms with van der Waals surface area (Å²) < 4.78 is 5.51. The predicted octanol–water partition coefficient (Wildman–Crippen LogP) is 0.754. The number of piperidine rings is 1. The van der Waals surface area contributed by atoms with Crippen molar-refractivity contribution in [3.63, 3.8) is 0 Å². The monoisotopic (exact) mass is 268 g/mol. The third kappa shape index (κ3) is 4.66. The van der Waals surface area contributed by atoms with Crippen LogP contribution in [0.1, 0.15) is 26.7 Å². The molecule has 5 nitrogen and oxygen atoms in total. The second-order valence-electron chi connectivity index (χ2n) is 5.89. The van der Waals surface area contributed by atoms with Crippen molar-refractivity contribution in [3.8, 4) is 0 Å². The minimum absolute atomic E-state index is 0.256. The van der Waals surface area contributed by atoms with Crippen molar-refractivity contribution in [2.45, 2.75) is 32.8 Å². The van der Waals surface area contributed by atoms with Crippen LogP contribution in [0.3, 0.4) is 0 Å². The molecule has 2 aliphatic rings. The van der Waals surface area contributed by atoms with Crippen molar-refractivity contribution in [1.29, 1.82) is 0 Å². The van der Waals surface area contributed by atoms with E-state index in [-0.39, 0.29) is 6.10 Å². The van der Waals surface area contributed by atoms with Gasteiger partial charge in [-0.1, -0.05) is 6.92 Å². The van der Waals surface area contributed by atoms with Crippen LogP contribution in [0, 0.1) is 5.92 Å². The van der Waals surface area contributed by atoms with E-state index in [1.165, 1.54) is 25.9 Å². The van der Waals surface area contributed by atoms with Crippen molar-refractivity contribution in [3.05, 3.63) is 0 Å². The van der Waals surface area contributed by atoms with Crippen LogP contribution >= 0.6 is 0 Å². The van der Waals surface area contributed by atoms with Gasteiger partial charge in [-0.05, 0) is 38.8 Å². The lowest BCUT2D eigenvalue weighted by molar-refractivity contribution is 0.00528. The fraction of sp³-hybridized carbons (Fsp3) is 0.929. The van der Waals surface area contributed by atoms with Crippen LogP contribution in [-0.4, -0.2) is 67.7 Å². The zero-order chi connectivity index (χ0) is 13.7. The summed E-state index contributed by atoms with van der Waals surface area (Å²) >= 11 is 0. The van der Waals surface area contributed by atoms with E-state index in [4.69, 9.17) is 10.5 Å². The number of guanidine groups is 1. The molecule has 0 radical (unpaired) electrons. The molecule has 1 atom stereocenters. The minimum atomic E-state index is 0.256. The summed E-state index contributed by atoms with van der Waals surface area (Å²) in [5.41, 5.74) is 6.05. The van der Waals surface area contributed by atoms with Crippen LogP contribution in [0.5, 0.6) is 0 Å². The molecule has 2 saturated heterocycles. The number of nitrogens with zero attached hydrogens (tertiary/aromatic N) is 3. The molecular weight excluding hydrogens is 240 g/mol. The lowest BCUT2D eigenvalue weighted by Gasteiger charge is -2.32. The highest BCUT2D eigenvalue weighted by Gasteiger charge is 2.18. The van der Waals surface area contributed by atoms with Gasteiger partial charge in [-0.15, -0.1) is 0 Å². The Hall–Kier alpha value is -0.810. The predicted molar refractivity (Wildman–Crippen MR) is 78.3 cm³/mol. The first-order valence-corrected chi connectivity index (χ1v) is 7.54. The lowest BCUT2D eigenvalue weighted by Crippen LogP contribution is -2.48. The Bertz CT molecular complexity index is 300. The lowest BCUT2D eigenvalue weighted by atomic mass is 9.99. The highest BCUT2D eigenvalue weighted by molar-refractivity contribution is 5.78. The van der Waals surface area contributed by atoms with E-state index in [0.717, 1.165) is 38.7 Å². The largest absolute Gasteiger partial charge is 0.375 e. The number of hydrogen-bond donors (Lipinski definition) is 1. The van der Waals surface area contributed by atoms with Gasteiger partial charge >= 0.3 is 0 Å². The summed E-state index contributed by atoms with van der Waals surface area (Å²) in [6.45, 7) is 11.2.